The lowest BCUT2D eigenvalue weighted by atomic mass is 9.89. The molecule has 8 rings (SSSR count). The van der Waals surface area contributed by atoms with Crippen LogP contribution in [0.2, 0.25) is 0 Å². The lowest BCUT2D eigenvalue weighted by Gasteiger charge is -2.34. The molecular formula is C44H54N8O7. The van der Waals surface area contributed by atoms with Gasteiger partial charge in [-0.05, 0) is 85.5 Å². The smallest absolute Gasteiger partial charge is 0.407 e. The normalized spacial score (nSPS) is 20.2. The molecule has 4 N–H and O–H groups in total. The van der Waals surface area contributed by atoms with Gasteiger partial charge in [-0.25, -0.2) is 19.6 Å². The Hall–Kier alpha value is -5.70. The van der Waals surface area contributed by atoms with Crippen molar-refractivity contribution in [3.8, 4) is 33.6 Å². The van der Waals surface area contributed by atoms with Crippen molar-refractivity contribution in [3.05, 3.63) is 71.6 Å². The largest absolute Gasteiger partial charge is 0.453 e. The van der Waals surface area contributed by atoms with Crippen LogP contribution in [0.25, 0.3) is 33.6 Å². The summed E-state index contributed by atoms with van der Waals surface area (Å²) in [6.07, 6.45) is 6.93. The van der Waals surface area contributed by atoms with Gasteiger partial charge in [-0.2, -0.15) is 0 Å². The lowest BCUT2D eigenvalue weighted by Crippen LogP contribution is -2.53. The van der Waals surface area contributed by atoms with E-state index in [1.54, 1.807) is 0 Å². The molecule has 3 fully saturated rings. The zero-order valence-corrected chi connectivity index (χ0v) is 34.2. The van der Waals surface area contributed by atoms with Gasteiger partial charge in [0.05, 0.1) is 49.6 Å². The van der Waals surface area contributed by atoms with Crippen molar-refractivity contribution in [1.29, 1.82) is 0 Å². The maximum atomic E-state index is 14.0. The van der Waals surface area contributed by atoms with E-state index in [0.29, 0.717) is 39.1 Å². The Kier molecular flexibility index (Phi) is 11.7. The van der Waals surface area contributed by atoms with Crippen LogP contribution in [-0.4, -0.2) is 106 Å². The number of likely N-dealkylation sites (tertiary alicyclic amines) is 2. The molecule has 4 amide bonds. The Labute approximate surface area is 344 Å². The number of carbonyl (C=O) groups is 4. The average Bonchev–Trinajstić information content (AvgIpc) is 4.10. The number of benzene rings is 2. The minimum Gasteiger partial charge on any atom is -0.453 e. The van der Waals surface area contributed by atoms with Crippen LogP contribution in [0.3, 0.4) is 0 Å². The molecule has 4 aliphatic rings. The molecule has 1 aliphatic carbocycles. The summed E-state index contributed by atoms with van der Waals surface area (Å²) in [5.74, 6) is 1.16. The molecule has 312 valence electrons. The van der Waals surface area contributed by atoms with Gasteiger partial charge < -0.3 is 44.6 Å². The van der Waals surface area contributed by atoms with Crippen molar-refractivity contribution < 1.29 is 33.4 Å². The molecule has 4 aromatic rings. The van der Waals surface area contributed by atoms with Crippen molar-refractivity contribution in [2.75, 3.05) is 40.5 Å². The maximum Gasteiger partial charge on any atom is 0.407 e. The third-order valence-electron chi connectivity index (χ3n) is 12.5. The van der Waals surface area contributed by atoms with Gasteiger partial charge in [0.15, 0.2) is 0 Å². The standard InChI is InChI=1S/C44H54N8O7/c1-25(2)36(49-43(55)57-3)41(53)52-20-6-8-35(52)40-46-32-16-14-30-23-29(13-15-31(30)38(32)48-40)26-9-11-27(12-10-26)33-24-45-39(47-33)34-7-5-19-51(34)42(54)37(50-44(56)58-4)28-17-21-59-22-18-28/h9-13,15,23-25,28,34-37H,5-8,14,16-22H2,1-4H3,(H,45,47)(H,46,48)(H,49,55)(H,50,56)/t34-,35-,36-,37-/m0/s1. The quantitative estimate of drug-likeness (QED) is 0.147. The number of aromatic nitrogens is 4. The second-order valence-corrected chi connectivity index (χ2v) is 16.4. The number of methoxy groups -OCH3 is 2. The number of hydrogen-bond acceptors (Lipinski definition) is 9. The fourth-order valence-corrected chi connectivity index (χ4v) is 9.27. The van der Waals surface area contributed by atoms with Gasteiger partial charge in [0, 0.05) is 31.9 Å². The molecule has 3 aliphatic heterocycles. The number of H-pyrrole nitrogens is 2. The van der Waals surface area contributed by atoms with E-state index in [4.69, 9.17) is 24.2 Å². The van der Waals surface area contributed by atoms with Gasteiger partial charge in [-0.1, -0.05) is 56.3 Å². The Balaban J connectivity index is 0.954. The number of amides is 4. The highest BCUT2D eigenvalue weighted by atomic mass is 16.5. The van der Waals surface area contributed by atoms with E-state index < -0.39 is 24.3 Å². The molecule has 3 saturated heterocycles. The number of ether oxygens (including phenoxy) is 3. The van der Waals surface area contributed by atoms with E-state index >= 15 is 0 Å². The van der Waals surface area contributed by atoms with Crippen LogP contribution in [0, 0.1) is 11.8 Å². The van der Waals surface area contributed by atoms with Crippen LogP contribution in [0.1, 0.15) is 87.4 Å². The second kappa shape index (κ2) is 17.3. The predicted octanol–water partition coefficient (Wildman–Crippen LogP) is 6.09. The number of aryl methyl sites for hydroxylation is 2. The van der Waals surface area contributed by atoms with Crippen LogP contribution in [-0.2, 0) is 36.6 Å². The molecule has 15 nitrogen and oxygen atoms in total. The first-order chi connectivity index (χ1) is 28.6. The van der Waals surface area contributed by atoms with Crippen molar-refractivity contribution in [2.45, 2.75) is 89.4 Å². The zero-order chi connectivity index (χ0) is 41.2. The number of hydrogen-bond donors (Lipinski definition) is 4. The number of aromatic amines is 2. The van der Waals surface area contributed by atoms with E-state index in [-0.39, 0.29) is 35.7 Å². The van der Waals surface area contributed by atoms with Gasteiger partial charge in [-0.3, -0.25) is 9.59 Å². The molecule has 0 spiro atoms. The number of imidazole rings is 2. The van der Waals surface area contributed by atoms with Crippen LogP contribution in [0.15, 0.2) is 48.7 Å². The molecular weight excluding hydrogens is 753 g/mol. The van der Waals surface area contributed by atoms with Crippen molar-refractivity contribution >= 4 is 24.0 Å². The van der Waals surface area contributed by atoms with Crippen LogP contribution < -0.4 is 10.6 Å². The Morgan fingerprint density at radius 2 is 1.42 bits per heavy atom. The number of fused-ring (bicyclic) bond motifs is 3. The van der Waals surface area contributed by atoms with Gasteiger partial charge >= 0.3 is 12.2 Å². The first-order valence-electron chi connectivity index (χ1n) is 20.9. The number of alkyl carbamates (subject to hydrolysis) is 2. The zero-order valence-electron chi connectivity index (χ0n) is 34.2. The molecule has 5 heterocycles. The monoisotopic (exact) mass is 806 g/mol. The van der Waals surface area contributed by atoms with E-state index in [1.807, 2.05) is 29.8 Å². The minimum absolute atomic E-state index is 0.0253. The third-order valence-corrected chi connectivity index (χ3v) is 12.5. The highest BCUT2D eigenvalue weighted by Crippen LogP contribution is 2.39. The Bertz CT molecular complexity index is 2170. The number of nitrogens with zero attached hydrogens (tertiary/aromatic N) is 4. The van der Waals surface area contributed by atoms with Crippen molar-refractivity contribution in [2.24, 2.45) is 11.8 Å². The summed E-state index contributed by atoms with van der Waals surface area (Å²) in [6.45, 7) is 6.16. The molecule has 4 atom stereocenters. The van der Waals surface area contributed by atoms with Crippen LogP contribution in [0.5, 0.6) is 0 Å². The van der Waals surface area contributed by atoms with E-state index in [9.17, 15) is 19.2 Å². The van der Waals surface area contributed by atoms with Gasteiger partial charge in [0.2, 0.25) is 11.8 Å². The number of rotatable bonds is 10. The van der Waals surface area contributed by atoms with Crippen molar-refractivity contribution in [1.82, 2.24) is 40.4 Å². The molecule has 59 heavy (non-hydrogen) atoms. The van der Waals surface area contributed by atoms with Gasteiger partial charge in [-0.15, -0.1) is 0 Å². The van der Waals surface area contributed by atoms with Gasteiger partial charge in [0.25, 0.3) is 0 Å². The average molecular weight is 807 g/mol. The molecule has 2 aromatic carbocycles. The molecule has 0 bridgehead atoms. The summed E-state index contributed by atoms with van der Waals surface area (Å²) in [7, 11) is 2.61. The number of carbonyl (C=O) groups excluding carboxylic acids is 4. The lowest BCUT2D eigenvalue weighted by molar-refractivity contribution is -0.137. The van der Waals surface area contributed by atoms with Gasteiger partial charge in [0.1, 0.15) is 23.7 Å². The molecule has 0 saturated carbocycles. The predicted molar refractivity (Wildman–Crippen MR) is 219 cm³/mol. The molecule has 15 heteroatoms. The summed E-state index contributed by atoms with van der Waals surface area (Å²) in [5.41, 5.74) is 8.46. The molecule has 0 radical (unpaired) electrons. The van der Waals surface area contributed by atoms with Crippen LogP contribution in [0.4, 0.5) is 9.59 Å². The third kappa shape index (κ3) is 8.17. The highest BCUT2D eigenvalue weighted by Gasteiger charge is 2.41. The molecule has 2 aromatic heterocycles. The Morgan fingerprint density at radius 3 is 2.12 bits per heavy atom. The van der Waals surface area contributed by atoms with E-state index in [2.05, 4.69) is 63.1 Å². The highest BCUT2D eigenvalue weighted by molar-refractivity contribution is 5.87. The molecule has 0 unspecified atom stereocenters. The summed E-state index contributed by atoms with van der Waals surface area (Å²) < 4.78 is 15.2. The number of nitrogens with one attached hydrogen (secondary N) is 4. The second-order valence-electron chi connectivity index (χ2n) is 16.4. The fraction of sp³-hybridized carbons (Fsp3) is 0.500. The minimum atomic E-state index is -0.683. The Morgan fingerprint density at radius 1 is 0.780 bits per heavy atom. The maximum absolute atomic E-state index is 14.0. The van der Waals surface area contributed by atoms with Crippen LogP contribution >= 0.6 is 0 Å². The summed E-state index contributed by atoms with van der Waals surface area (Å²) in [5, 5.41) is 5.54. The SMILES string of the molecule is COC(=O)N[C@H](C(=O)N1CCC[C@H]1c1nc2c([nH]1)-c1ccc(-c3ccc(-c4cnc([C@@H]5CCCN5C(=O)[C@@H](NC(=O)OC)C5CCOCC5)[nH]4)cc3)cc1CC2)C(C)C. The summed E-state index contributed by atoms with van der Waals surface area (Å²) in [6, 6.07) is 13.2. The van der Waals surface area contributed by atoms with E-state index in [1.165, 1.54) is 19.8 Å². The van der Waals surface area contributed by atoms with E-state index in [0.717, 1.165) is 89.5 Å². The topological polar surface area (TPSA) is 184 Å². The fourth-order valence-electron chi connectivity index (χ4n) is 9.27. The summed E-state index contributed by atoms with van der Waals surface area (Å²) >= 11 is 0. The van der Waals surface area contributed by atoms with Crippen molar-refractivity contribution in [3.63, 3.8) is 0 Å². The summed E-state index contributed by atoms with van der Waals surface area (Å²) in [4.78, 5) is 72.6. The first-order valence-corrected chi connectivity index (χ1v) is 20.9. The first kappa shape index (κ1) is 40.1.